The van der Waals surface area contributed by atoms with Crippen LogP contribution in [-0.2, 0) is 9.59 Å². The second-order valence-electron chi connectivity index (χ2n) is 6.42. The molecule has 1 aliphatic rings. The van der Waals surface area contributed by atoms with Crippen LogP contribution in [0.3, 0.4) is 0 Å². The van der Waals surface area contributed by atoms with Crippen molar-refractivity contribution in [3.05, 3.63) is 44.8 Å². The maximum absolute atomic E-state index is 14.8. The van der Waals surface area contributed by atoms with Gasteiger partial charge in [0.05, 0.1) is 36.2 Å². The van der Waals surface area contributed by atoms with E-state index in [2.05, 4.69) is 9.97 Å². The van der Waals surface area contributed by atoms with E-state index in [4.69, 9.17) is 9.47 Å². The molecule has 0 aliphatic carbocycles. The van der Waals surface area contributed by atoms with Gasteiger partial charge >= 0.3 is 4.87 Å². The molecular formula is C19H15FN4O5S. The Hall–Kier alpha value is -3.60. The fourth-order valence-electron chi connectivity index (χ4n) is 3.06. The van der Waals surface area contributed by atoms with Crippen molar-refractivity contribution in [2.75, 3.05) is 19.1 Å². The summed E-state index contributed by atoms with van der Waals surface area (Å²) in [6.07, 6.45) is 0. The Morgan fingerprint density at radius 3 is 2.03 bits per heavy atom. The third kappa shape index (κ3) is 2.86. The normalized spacial score (nSPS) is 14.2. The highest BCUT2D eigenvalue weighted by Crippen LogP contribution is 2.33. The summed E-state index contributed by atoms with van der Waals surface area (Å²) in [4.78, 5) is 46.3. The number of ether oxygens (including phenoxy) is 2. The number of hydrogen-bond donors (Lipinski definition) is 0. The molecule has 0 bridgehead atoms. The summed E-state index contributed by atoms with van der Waals surface area (Å²) in [6, 6.07) is 3.81. The van der Waals surface area contributed by atoms with Crippen molar-refractivity contribution in [3.8, 4) is 17.7 Å². The van der Waals surface area contributed by atoms with Crippen LogP contribution in [0, 0.1) is 5.82 Å². The minimum Gasteiger partial charge on any atom is -0.481 e. The van der Waals surface area contributed by atoms with Crippen LogP contribution in [0.4, 0.5) is 10.1 Å². The number of methoxy groups -OCH3 is 2. The highest BCUT2D eigenvalue weighted by Gasteiger charge is 2.36. The lowest BCUT2D eigenvalue weighted by Crippen LogP contribution is -2.32. The third-order valence-electron chi connectivity index (χ3n) is 4.79. The Balaban J connectivity index is 1.96. The van der Waals surface area contributed by atoms with E-state index in [1.54, 1.807) is 0 Å². The number of carbonyl (C=O) groups is 2. The van der Waals surface area contributed by atoms with Gasteiger partial charge in [-0.15, -0.1) is 0 Å². The molecule has 0 unspecified atom stereocenters. The number of imide groups is 1. The Morgan fingerprint density at radius 2 is 1.50 bits per heavy atom. The van der Waals surface area contributed by atoms with Gasteiger partial charge in [-0.3, -0.25) is 14.4 Å². The minimum atomic E-state index is -0.802. The SMILES string of the molecule is COc1cc(OC)nc(-n2c(=O)sc3cc(F)c(N4C(=O)C(C)=C(C)C4=O)cc32)n1. The standard InChI is InChI=1S/C19H15FN4O5S/c1-8-9(2)17(26)23(16(8)25)11-6-12-13(5-10(11)20)30-19(27)24(12)18-21-14(28-3)7-15(22-18)29-4/h5-7H,1-4H3. The number of amides is 2. The number of aromatic nitrogens is 3. The van der Waals surface area contributed by atoms with E-state index in [9.17, 15) is 18.8 Å². The molecule has 0 spiro atoms. The highest BCUT2D eigenvalue weighted by atomic mass is 32.1. The molecule has 3 heterocycles. The van der Waals surface area contributed by atoms with Crippen molar-refractivity contribution >= 4 is 39.1 Å². The van der Waals surface area contributed by atoms with Crippen LogP contribution in [0.2, 0.25) is 0 Å². The van der Waals surface area contributed by atoms with E-state index >= 15 is 0 Å². The van der Waals surface area contributed by atoms with E-state index in [0.717, 1.165) is 26.9 Å². The number of rotatable bonds is 4. The fourth-order valence-corrected chi connectivity index (χ4v) is 3.93. The van der Waals surface area contributed by atoms with E-state index < -0.39 is 22.5 Å². The first-order valence-electron chi connectivity index (χ1n) is 8.65. The van der Waals surface area contributed by atoms with Gasteiger partial charge < -0.3 is 9.47 Å². The first-order chi connectivity index (χ1) is 14.3. The van der Waals surface area contributed by atoms with Gasteiger partial charge in [0.15, 0.2) is 0 Å². The van der Waals surface area contributed by atoms with Crippen molar-refractivity contribution in [3.63, 3.8) is 0 Å². The van der Waals surface area contributed by atoms with Crippen molar-refractivity contribution in [1.82, 2.24) is 14.5 Å². The first-order valence-corrected chi connectivity index (χ1v) is 9.47. The molecule has 30 heavy (non-hydrogen) atoms. The second-order valence-corrected chi connectivity index (χ2v) is 7.42. The maximum atomic E-state index is 14.8. The van der Waals surface area contributed by atoms with Gasteiger partial charge in [-0.25, -0.2) is 13.9 Å². The Morgan fingerprint density at radius 1 is 0.933 bits per heavy atom. The lowest BCUT2D eigenvalue weighted by atomic mass is 10.2. The molecule has 0 fully saturated rings. The van der Waals surface area contributed by atoms with Crippen LogP contribution < -0.4 is 19.2 Å². The predicted octanol–water partition coefficient (Wildman–Crippen LogP) is 2.21. The zero-order chi connectivity index (χ0) is 21.7. The summed E-state index contributed by atoms with van der Waals surface area (Å²) in [5, 5.41) is 0. The maximum Gasteiger partial charge on any atom is 0.315 e. The summed E-state index contributed by atoms with van der Waals surface area (Å²) < 4.78 is 26.5. The average Bonchev–Trinajstić information content (AvgIpc) is 3.14. The van der Waals surface area contributed by atoms with Crippen LogP contribution in [0.1, 0.15) is 13.8 Å². The van der Waals surface area contributed by atoms with E-state index in [0.29, 0.717) is 4.70 Å². The summed E-state index contributed by atoms with van der Waals surface area (Å²) >= 11 is 0.776. The van der Waals surface area contributed by atoms with Gasteiger partial charge in [0.1, 0.15) is 5.82 Å². The summed E-state index contributed by atoms with van der Waals surface area (Å²) in [5.41, 5.74) is 0.459. The van der Waals surface area contributed by atoms with Gasteiger partial charge in [0.2, 0.25) is 17.7 Å². The number of hydrogen-bond acceptors (Lipinski definition) is 8. The predicted molar refractivity (Wildman–Crippen MR) is 107 cm³/mol. The Bertz CT molecular complexity index is 1280. The minimum absolute atomic E-state index is 0.0513. The molecule has 0 atom stereocenters. The third-order valence-corrected chi connectivity index (χ3v) is 5.69. The second kappa shape index (κ2) is 7.02. The van der Waals surface area contributed by atoms with Gasteiger partial charge in [0, 0.05) is 11.1 Å². The van der Waals surface area contributed by atoms with Crippen molar-refractivity contribution in [1.29, 1.82) is 0 Å². The van der Waals surface area contributed by atoms with Gasteiger partial charge in [-0.1, -0.05) is 11.3 Å². The molecule has 11 heteroatoms. The average molecular weight is 430 g/mol. The molecule has 0 saturated carbocycles. The van der Waals surface area contributed by atoms with Gasteiger partial charge in [-0.05, 0) is 26.0 Å². The van der Waals surface area contributed by atoms with Crippen LogP contribution in [-0.4, -0.2) is 40.6 Å². The molecule has 154 valence electrons. The van der Waals surface area contributed by atoms with Crippen LogP contribution in [0.15, 0.2) is 34.1 Å². The summed E-state index contributed by atoms with van der Waals surface area (Å²) in [5.74, 6) is -1.76. The number of nitrogens with zero attached hydrogens (tertiary/aromatic N) is 4. The van der Waals surface area contributed by atoms with Crippen LogP contribution in [0.25, 0.3) is 16.2 Å². The largest absolute Gasteiger partial charge is 0.481 e. The smallest absolute Gasteiger partial charge is 0.315 e. The Kier molecular flexibility index (Phi) is 4.61. The van der Waals surface area contributed by atoms with Crippen LogP contribution >= 0.6 is 11.3 Å². The molecule has 3 aromatic rings. The van der Waals surface area contributed by atoms with Crippen molar-refractivity contribution in [2.24, 2.45) is 0 Å². The molecule has 9 nitrogen and oxygen atoms in total. The number of thiazole rings is 1. The van der Waals surface area contributed by atoms with E-state index in [-0.39, 0.29) is 40.1 Å². The number of benzene rings is 1. The molecular weight excluding hydrogens is 415 g/mol. The zero-order valence-electron chi connectivity index (χ0n) is 16.3. The fraction of sp³-hybridized carbons (Fsp3) is 0.211. The monoisotopic (exact) mass is 430 g/mol. The molecule has 2 amide bonds. The molecule has 2 aromatic heterocycles. The quantitative estimate of drug-likeness (QED) is 0.585. The Labute approximate surface area is 173 Å². The lowest BCUT2D eigenvalue weighted by Gasteiger charge is -2.16. The summed E-state index contributed by atoms with van der Waals surface area (Å²) in [7, 11) is 2.80. The van der Waals surface area contributed by atoms with Crippen molar-refractivity contribution in [2.45, 2.75) is 13.8 Å². The molecule has 1 aliphatic heterocycles. The number of carbonyl (C=O) groups excluding carboxylic acids is 2. The topological polar surface area (TPSA) is 104 Å². The van der Waals surface area contributed by atoms with E-state index in [1.165, 1.54) is 40.2 Å². The number of halogens is 1. The highest BCUT2D eigenvalue weighted by molar-refractivity contribution is 7.16. The molecule has 1 aromatic carbocycles. The number of anilines is 1. The first kappa shape index (κ1) is 19.7. The molecule has 4 rings (SSSR count). The van der Waals surface area contributed by atoms with Crippen LogP contribution in [0.5, 0.6) is 11.8 Å². The zero-order valence-corrected chi connectivity index (χ0v) is 17.2. The molecule has 0 radical (unpaired) electrons. The van der Waals surface area contributed by atoms with Gasteiger partial charge in [-0.2, -0.15) is 9.97 Å². The van der Waals surface area contributed by atoms with Crippen molar-refractivity contribution < 1.29 is 23.5 Å². The lowest BCUT2D eigenvalue weighted by molar-refractivity contribution is -0.120. The number of fused-ring (bicyclic) bond motifs is 1. The molecule has 0 saturated heterocycles. The summed E-state index contributed by atoms with van der Waals surface area (Å²) in [6.45, 7) is 3.01. The molecule has 0 N–H and O–H groups in total. The van der Waals surface area contributed by atoms with Gasteiger partial charge in [0.25, 0.3) is 11.8 Å². The van der Waals surface area contributed by atoms with E-state index in [1.807, 2.05) is 0 Å².